The summed E-state index contributed by atoms with van der Waals surface area (Å²) in [5.41, 5.74) is -0.455. The van der Waals surface area contributed by atoms with E-state index in [9.17, 15) is 14.7 Å². The number of aromatic hydroxyl groups is 1. The minimum absolute atomic E-state index is 0.204. The van der Waals surface area contributed by atoms with E-state index in [0.29, 0.717) is 5.56 Å². The normalized spacial score (nSPS) is 10.2. The summed E-state index contributed by atoms with van der Waals surface area (Å²) in [4.78, 5) is 31.5. The van der Waals surface area contributed by atoms with Gasteiger partial charge in [-0.3, -0.25) is 14.6 Å². The monoisotopic (exact) mass is 260 g/mol. The van der Waals surface area contributed by atoms with Gasteiger partial charge in [-0.15, -0.1) is 0 Å². The largest absolute Gasteiger partial charge is 0.507 e. The molecule has 0 saturated carbocycles. The molecule has 7 heteroatoms. The van der Waals surface area contributed by atoms with E-state index in [1.54, 1.807) is 6.92 Å². The van der Waals surface area contributed by atoms with Gasteiger partial charge in [0.1, 0.15) is 11.3 Å². The van der Waals surface area contributed by atoms with Crippen molar-refractivity contribution in [2.45, 2.75) is 6.92 Å². The summed E-state index contributed by atoms with van der Waals surface area (Å²) in [5, 5.41) is 12.2. The fourth-order valence-corrected chi connectivity index (χ4v) is 1.63. The fraction of sp³-hybridized carbons (Fsp3) is 0.167. The van der Waals surface area contributed by atoms with Crippen LogP contribution in [-0.2, 0) is 7.05 Å². The van der Waals surface area contributed by atoms with Crippen LogP contribution in [0, 0.1) is 6.92 Å². The maximum absolute atomic E-state index is 12.0. The first kappa shape index (κ1) is 12.7. The van der Waals surface area contributed by atoms with Gasteiger partial charge in [-0.25, -0.2) is 4.98 Å². The van der Waals surface area contributed by atoms with Crippen molar-refractivity contribution in [3.05, 3.63) is 46.3 Å². The first-order valence-corrected chi connectivity index (χ1v) is 5.47. The minimum Gasteiger partial charge on any atom is -0.507 e. The van der Waals surface area contributed by atoms with Gasteiger partial charge in [0.25, 0.3) is 11.5 Å². The van der Waals surface area contributed by atoms with E-state index in [2.05, 4.69) is 15.3 Å². The van der Waals surface area contributed by atoms with E-state index in [4.69, 9.17) is 0 Å². The van der Waals surface area contributed by atoms with Gasteiger partial charge in [-0.2, -0.15) is 0 Å². The van der Waals surface area contributed by atoms with Crippen molar-refractivity contribution in [3.8, 4) is 5.75 Å². The summed E-state index contributed by atoms with van der Waals surface area (Å²) in [6.45, 7) is 1.61. The molecule has 7 nitrogen and oxygen atoms in total. The maximum atomic E-state index is 12.0. The van der Waals surface area contributed by atoms with Crippen molar-refractivity contribution >= 4 is 11.7 Å². The predicted molar refractivity (Wildman–Crippen MR) is 68.1 cm³/mol. The Balaban J connectivity index is 2.43. The first-order chi connectivity index (χ1) is 9.00. The highest BCUT2D eigenvalue weighted by molar-refractivity contribution is 6.05. The Kier molecular flexibility index (Phi) is 3.28. The Morgan fingerprint density at radius 3 is 2.79 bits per heavy atom. The highest BCUT2D eigenvalue weighted by Crippen LogP contribution is 2.18. The number of aryl methyl sites for hydroxylation is 2. The summed E-state index contributed by atoms with van der Waals surface area (Å²) in [6, 6.07) is 0. The van der Waals surface area contributed by atoms with E-state index >= 15 is 0 Å². The number of hydrogen-bond acceptors (Lipinski definition) is 5. The summed E-state index contributed by atoms with van der Waals surface area (Å²) < 4.78 is 1.24. The molecule has 19 heavy (non-hydrogen) atoms. The molecule has 2 N–H and O–H groups in total. The minimum atomic E-state index is -0.720. The molecule has 0 spiro atoms. The number of carbonyl (C=O) groups is 1. The smallest absolute Gasteiger partial charge is 0.266 e. The average Bonchev–Trinajstić information content (AvgIpc) is 2.38. The molecule has 2 rings (SSSR count). The van der Waals surface area contributed by atoms with Gasteiger partial charge >= 0.3 is 0 Å². The lowest BCUT2D eigenvalue weighted by atomic mass is 10.1. The van der Waals surface area contributed by atoms with E-state index in [0.717, 1.165) is 0 Å². The lowest BCUT2D eigenvalue weighted by Gasteiger charge is -2.09. The Morgan fingerprint density at radius 2 is 2.16 bits per heavy atom. The van der Waals surface area contributed by atoms with Crippen LogP contribution in [0.3, 0.4) is 0 Å². The standard InChI is InChI=1S/C12H12N4O3/c1-7-6-16(2)12(19)9(10(7)17)11(18)15-8-5-13-3-4-14-8/h3-6,17H,1-2H3,(H,14,15,18). The van der Waals surface area contributed by atoms with Crippen molar-refractivity contribution in [1.82, 2.24) is 14.5 Å². The van der Waals surface area contributed by atoms with Crippen LogP contribution in [-0.4, -0.2) is 25.5 Å². The van der Waals surface area contributed by atoms with Crippen molar-refractivity contribution in [1.29, 1.82) is 0 Å². The number of hydrogen-bond donors (Lipinski definition) is 2. The van der Waals surface area contributed by atoms with Gasteiger partial charge in [0.2, 0.25) is 0 Å². The van der Waals surface area contributed by atoms with Gasteiger partial charge in [-0.05, 0) is 6.92 Å². The molecule has 0 aliphatic heterocycles. The van der Waals surface area contributed by atoms with Crippen molar-refractivity contribution < 1.29 is 9.90 Å². The quantitative estimate of drug-likeness (QED) is 0.816. The molecule has 0 aliphatic rings. The summed E-state index contributed by atoms with van der Waals surface area (Å²) >= 11 is 0. The number of amides is 1. The number of anilines is 1. The first-order valence-electron chi connectivity index (χ1n) is 5.47. The van der Waals surface area contributed by atoms with Gasteiger partial charge < -0.3 is 15.0 Å². The van der Waals surface area contributed by atoms with Gasteiger partial charge in [-0.1, -0.05) is 0 Å². The fourth-order valence-electron chi connectivity index (χ4n) is 1.63. The SMILES string of the molecule is Cc1cn(C)c(=O)c(C(=O)Nc2cnccn2)c1O. The Labute approximate surface area is 108 Å². The number of aromatic nitrogens is 3. The number of pyridine rings is 1. The van der Waals surface area contributed by atoms with E-state index in [1.807, 2.05) is 0 Å². The van der Waals surface area contributed by atoms with Crippen LogP contribution in [0.25, 0.3) is 0 Å². The summed E-state index contributed by atoms with van der Waals surface area (Å²) in [6.07, 6.45) is 5.66. The second kappa shape index (κ2) is 4.89. The molecule has 0 aromatic carbocycles. The zero-order chi connectivity index (χ0) is 14.0. The topological polar surface area (TPSA) is 97.1 Å². The molecule has 2 heterocycles. The van der Waals surface area contributed by atoms with Crippen LogP contribution in [0.1, 0.15) is 15.9 Å². The van der Waals surface area contributed by atoms with Crippen LogP contribution in [0.4, 0.5) is 5.82 Å². The zero-order valence-corrected chi connectivity index (χ0v) is 10.4. The number of nitrogens with zero attached hydrogens (tertiary/aromatic N) is 3. The molecule has 0 radical (unpaired) electrons. The number of nitrogens with one attached hydrogen (secondary N) is 1. The molecule has 2 aromatic heterocycles. The van der Waals surface area contributed by atoms with Crippen molar-refractivity contribution in [2.24, 2.45) is 7.05 Å². The van der Waals surface area contributed by atoms with Gasteiger partial charge in [0, 0.05) is 31.2 Å². The Morgan fingerprint density at radius 1 is 1.42 bits per heavy atom. The number of carbonyl (C=O) groups excluding carboxylic acids is 1. The van der Waals surface area contributed by atoms with Crippen LogP contribution in [0.2, 0.25) is 0 Å². The second-order valence-corrected chi connectivity index (χ2v) is 4.00. The van der Waals surface area contributed by atoms with Crippen molar-refractivity contribution in [2.75, 3.05) is 5.32 Å². The summed E-state index contributed by atoms with van der Waals surface area (Å²) in [7, 11) is 1.51. The summed E-state index contributed by atoms with van der Waals surface area (Å²) in [5.74, 6) is -0.845. The molecule has 2 aromatic rings. The van der Waals surface area contributed by atoms with Crippen LogP contribution >= 0.6 is 0 Å². The Hall–Kier alpha value is -2.70. The van der Waals surface area contributed by atoms with Crippen molar-refractivity contribution in [3.63, 3.8) is 0 Å². The van der Waals surface area contributed by atoms with Gasteiger partial charge in [0.05, 0.1) is 6.20 Å². The molecule has 98 valence electrons. The molecule has 0 saturated heterocycles. The maximum Gasteiger partial charge on any atom is 0.266 e. The van der Waals surface area contributed by atoms with Crippen LogP contribution < -0.4 is 10.9 Å². The lowest BCUT2D eigenvalue weighted by Crippen LogP contribution is -2.28. The molecule has 0 atom stereocenters. The van der Waals surface area contributed by atoms with E-state index < -0.39 is 11.5 Å². The highest BCUT2D eigenvalue weighted by atomic mass is 16.3. The molecular formula is C12H12N4O3. The third-order valence-electron chi connectivity index (χ3n) is 2.56. The van der Waals surface area contributed by atoms with Crippen LogP contribution in [0.5, 0.6) is 5.75 Å². The van der Waals surface area contributed by atoms with Gasteiger partial charge in [0.15, 0.2) is 5.82 Å². The number of rotatable bonds is 2. The zero-order valence-electron chi connectivity index (χ0n) is 10.4. The Bertz CT molecular complexity index is 679. The molecular weight excluding hydrogens is 248 g/mol. The third-order valence-corrected chi connectivity index (χ3v) is 2.56. The average molecular weight is 260 g/mol. The second-order valence-electron chi connectivity index (χ2n) is 4.00. The van der Waals surface area contributed by atoms with E-state index in [1.165, 1.54) is 36.4 Å². The van der Waals surface area contributed by atoms with Crippen LogP contribution in [0.15, 0.2) is 29.6 Å². The third kappa shape index (κ3) is 2.44. The van der Waals surface area contributed by atoms with E-state index in [-0.39, 0.29) is 17.1 Å². The highest BCUT2D eigenvalue weighted by Gasteiger charge is 2.19. The molecule has 0 fully saturated rings. The molecule has 0 aliphatic carbocycles. The molecule has 0 unspecified atom stereocenters. The lowest BCUT2D eigenvalue weighted by molar-refractivity contribution is 0.102. The molecule has 0 bridgehead atoms. The molecule has 1 amide bonds. The predicted octanol–water partition coefficient (Wildman–Crippen LogP) is 0.442.